The molecule has 6 nitrogen and oxygen atoms in total. The average molecular weight is 492 g/mol. The fourth-order valence-electron chi connectivity index (χ4n) is 4.06. The van der Waals surface area contributed by atoms with Crippen molar-refractivity contribution >= 4 is 29.3 Å². The number of carbonyl (C=O) groups is 3. The number of nitrogens with zero attached hydrogens (tertiary/aromatic N) is 1. The zero-order valence-corrected chi connectivity index (χ0v) is 20.9. The second-order valence-corrected chi connectivity index (χ2v) is 10.6. The number of benzene rings is 2. The SMILES string of the molecule is CC(C)(C)OC(=O)N1C(=O)[C@@H](Cc2cc(-c3ccccc3)cs2)C[C@@H]1C(=O)OCc1ccccc1. The number of hydrogen-bond donors (Lipinski definition) is 0. The number of ether oxygens (including phenoxy) is 2. The van der Waals surface area contributed by atoms with Crippen LogP contribution in [-0.4, -0.2) is 34.5 Å². The van der Waals surface area contributed by atoms with Crippen LogP contribution in [0.3, 0.4) is 0 Å². The van der Waals surface area contributed by atoms with Gasteiger partial charge < -0.3 is 9.47 Å². The van der Waals surface area contributed by atoms with Crippen LogP contribution in [0.2, 0.25) is 0 Å². The van der Waals surface area contributed by atoms with Gasteiger partial charge in [-0.1, -0.05) is 60.7 Å². The molecule has 1 aromatic heterocycles. The van der Waals surface area contributed by atoms with Crippen LogP contribution in [0.4, 0.5) is 4.79 Å². The maximum atomic E-state index is 13.3. The van der Waals surface area contributed by atoms with E-state index >= 15 is 0 Å². The zero-order chi connectivity index (χ0) is 25.0. The highest BCUT2D eigenvalue weighted by Crippen LogP contribution is 2.33. The van der Waals surface area contributed by atoms with Crippen molar-refractivity contribution in [3.8, 4) is 11.1 Å². The molecular weight excluding hydrogens is 462 g/mol. The van der Waals surface area contributed by atoms with Crippen molar-refractivity contribution in [2.75, 3.05) is 0 Å². The van der Waals surface area contributed by atoms with E-state index in [-0.39, 0.29) is 13.0 Å². The Morgan fingerprint density at radius 1 is 1.00 bits per heavy atom. The molecule has 7 heteroatoms. The molecule has 2 aromatic carbocycles. The molecule has 0 radical (unpaired) electrons. The highest BCUT2D eigenvalue weighted by molar-refractivity contribution is 7.10. The van der Waals surface area contributed by atoms with Crippen LogP contribution in [0.15, 0.2) is 72.1 Å². The van der Waals surface area contributed by atoms with Crippen molar-refractivity contribution in [1.82, 2.24) is 4.90 Å². The van der Waals surface area contributed by atoms with E-state index in [0.717, 1.165) is 26.5 Å². The molecule has 0 N–H and O–H groups in total. The number of rotatable bonds is 6. The van der Waals surface area contributed by atoms with E-state index in [0.29, 0.717) is 6.42 Å². The summed E-state index contributed by atoms with van der Waals surface area (Å²) in [7, 11) is 0. The van der Waals surface area contributed by atoms with Gasteiger partial charge >= 0.3 is 12.1 Å². The normalized spacial score (nSPS) is 17.9. The predicted octanol–water partition coefficient (Wildman–Crippen LogP) is 5.85. The smallest absolute Gasteiger partial charge is 0.417 e. The Bertz CT molecular complexity index is 1180. The van der Waals surface area contributed by atoms with Gasteiger partial charge in [-0.3, -0.25) is 4.79 Å². The molecule has 1 saturated heterocycles. The lowest BCUT2D eigenvalue weighted by atomic mass is 9.99. The van der Waals surface area contributed by atoms with Crippen LogP contribution in [-0.2, 0) is 32.1 Å². The first-order valence-electron chi connectivity index (χ1n) is 11.6. The minimum Gasteiger partial charge on any atom is -0.459 e. The summed E-state index contributed by atoms with van der Waals surface area (Å²) in [5.74, 6) is -1.53. The second-order valence-electron chi connectivity index (χ2n) is 9.60. The van der Waals surface area contributed by atoms with E-state index < -0.39 is 35.5 Å². The third kappa shape index (κ3) is 6.17. The Balaban J connectivity index is 1.50. The van der Waals surface area contributed by atoms with Gasteiger partial charge in [0, 0.05) is 10.8 Å². The lowest BCUT2D eigenvalue weighted by Gasteiger charge is -2.26. The van der Waals surface area contributed by atoms with E-state index in [2.05, 4.69) is 11.4 Å². The molecule has 1 fully saturated rings. The molecule has 0 unspecified atom stereocenters. The summed E-state index contributed by atoms with van der Waals surface area (Å²) in [6.45, 7) is 5.25. The van der Waals surface area contributed by atoms with Crippen LogP contribution in [0.1, 0.15) is 37.6 Å². The highest BCUT2D eigenvalue weighted by Gasteiger charge is 2.48. The van der Waals surface area contributed by atoms with Crippen molar-refractivity contribution < 1.29 is 23.9 Å². The summed E-state index contributed by atoms with van der Waals surface area (Å²) in [5.41, 5.74) is 2.22. The van der Waals surface area contributed by atoms with Gasteiger partial charge in [-0.2, -0.15) is 0 Å². The summed E-state index contributed by atoms with van der Waals surface area (Å²) in [5, 5.41) is 2.06. The summed E-state index contributed by atoms with van der Waals surface area (Å²) in [6.07, 6.45) is -0.176. The number of likely N-dealkylation sites (tertiary alicyclic amines) is 1. The number of esters is 1. The molecule has 1 aliphatic heterocycles. The van der Waals surface area contributed by atoms with Gasteiger partial charge in [-0.15, -0.1) is 11.3 Å². The van der Waals surface area contributed by atoms with Crippen molar-refractivity contribution in [1.29, 1.82) is 0 Å². The van der Waals surface area contributed by atoms with Crippen LogP contribution in [0.25, 0.3) is 11.1 Å². The fourth-order valence-corrected chi connectivity index (χ4v) is 5.04. The van der Waals surface area contributed by atoms with Gasteiger partial charge in [-0.05, 0) is 61.7 Å². The predicted molar refractivity (Wildman–Crippen MR) is 135 cm³/mol. The monoisotopic (exact) mass is 491 g/mol. The second kappa shape index (κ2) is 10.4. The van der Waals surface area contributed by atoms with Crippen molar-refractivity contribution in [3.63, 3.8) is 0 Å². The van der Waals surface area contributed by atoms with Crippen molar-refractivity contribution in [2.24, 2.45) is 5.92 Å². The van der Waals surface area contributed by atoms with Crippen LogP contribution >= 0.6 is 11.3 Å². The van der Waals surface area contributed by atoms with E-state index in [1.165, 1.54) is 0 Å². The Labute approximate surface area is 209 Å². The van der Waals surface area contributed by atoms with Gasteiger partial charge in [0.05, 0.1) is 0 Å². The fraction of sp³-hybridized carbons (Fsp3) is 0.321. The standard InChI is InChI=1S/C28H29NO5S/c1-28(2,3)34-27(32)29-24(26(31)33-17-19-10-6-4-7-11-19)16-21(25(29)30)14-23-15-22(18-35-23)20-12-8-5-9-13-20/h4-13,15,18,21,24H,14,16-17H2,1-3H3/t21-,24+/m0/s1. The molecule has 0 bridgehead atoms. The topological polar surface area (TPSA) is 72.9 Å². The maximum absolute atomic E-state index is 13.3. The van der Waals surface area contributed by atoms with Crippen LogP contribution in [0.5, 0.6) is 0 Å². The first kappa shape index (κ1) is 24.7. The third-order valence-corrected chi connectivity index (χ3v) is 6.66. The molecular formula is C28H29NO5S. The van der Waals surface area contributed by atoms with E-state index in [4.69, 9.17) is 9.47 Å². The first-order valence-corrected chi connectivity index (χ1v) is 12.5. The largest absolute Gasteiger partial charge is 0.459 e. The Morgan fingerprint density at radius 2 is 1.66 bits per heavy atom. The summed E-state index contributed by atoms with van der Waals surface area (Å²) >= 11 is 1.57. The third-order valence-electron chi connectivity index (χ3n) is 5.70. The summed E-state index contributed by atoms with van der Waals surface area (Å²) < 4.78 is 11.0. The highest BCUT2D eigenvalue weighted by atomic mass is 32.1. The van der Waals surface area contributed by atoms with Gasteiger partial charge in [0.2, 0.25) is 5.91 Å². The number of amides is 2. The maximum Gasteiger partial charge on any atom is 0.417 e. The molecule has 0 aliphatic carbocycles. The molecule has 3 aromatic rings. The van der Waals surface area contributed by atoms with E-state index in [1.807, 2.05) is 60.7 Å². The number of thiophene rings is 1. The number of carbonyl (C=O) groups excluding carboxylic acids is 3. The van der Waals surface area contributed by atoms with Gasteiger partial charge in [0.15, 0.2) is 0 Å². The molecule has 1 aliphatic rings. The van der Waals surface area contributed by atoms with Crippen LogP contribution < -0.4 is 0 Å². The number of imide groups is 1. The Kier molecular flexibility index (Phi) is 7.36. The molecule has 2 atom stereocenters. The van der Waals surface area contributed by atoms with Gasteiger partial charge in [0.25, 0.3) is 0 Å². The molecule has 182 valence electrons. The van der Waals surface area contributed by atoms with Crippen molar-refractivity contribution in [3.05, 3.63) is 82.6 Å². The molecule has 35 heavy (non-hydrogen) atoms. The molecule has 2 amide bonds. The number of hydrogen-bond acceptors (Lipinski definition) is 6. The lowest BCUT2D eigenvalue weighted by Crippen LogP contribution is -2.46. The molecule has 2 heterocycles. The van der Waals surface area contributed by atoms with Gasteiger partial charge in [-0.25, -0.2) is 14.5 Å². The first-order chi connectivity index (χ1) is 16.7. The zero-order valence-electron chi connectivity index (χ0n) is 20.1. The molecule has 0 saturated carbocycles. The molecule has 4 rings (SSSR count). The molecule has 0 spiro atoms. The summed E-state index contributed by atoms with van der Waals surface area (Å²) in [6, 6.07) is 20.4. The quantitative estimate of drug-likeness (QED) is 0.404. The minimum atomic E-state index is -1.01. The Hall–Kier alpha value is -3.45. The van der Waals surface area contributed by atoms with E-state index in [9.17, 15) is 14.4 Å². The minimum absolute atomic E-state index is 0.0720. The lowest BCUT2D eigenvalue weighted by molar-refractivity contribution is -0.152. The Morgan fingerprint density at radius 3 is 2.31 bits per heavy atom. The van der Waals surface area contributed by atoms with E-state index in [1.54, 1.807) is 32.1 Å². The van der Waals surface area contributed by atoms with Gasteiger partial charge in [0.1, 0.15) is 18.2 Å². The summed E-state index contributed by atoms with van der Waals surface area (Å²) in [4.78, 5) is 41.2. The average Bonchev–Trinajstić information content (AvgIpc) is 3.43. The van der Waals surface area contributed by atoms with Crippen LogP contribution in [0, 0.1) is 5.92 Å². The van der Waals surface area contributed by atoms with Crippen molar-refractivity contribution in [2.45, 2.75) is 51.9 Å².